The van der Waals surface area contributed by atoms with Gasteiger partial charge in [-0.2, -0.15) is 0 Å². The number of nitrogens with zero attached hydrogens (tertiary/aromatic N) is 1. The lowest BCUT2D eigenvalue weighted by atomic mass is 9.99. The van der Waals surface area contributed by atoms with Crippen LogP contribution in [0.4, 0.5) is 15.2 Å². The first-order valence-electron chi connectivity index (χ1n) is 5.47. The van der Waals surface area contributed by atoms with Crippen molar-refractivity contribution in [3.63, 3.8) is 0 Å². The second-order valence-electron chi connectivity index (χ2n) is 4.11. The molecule has 1 aliphatic rings. The van der Waals surface area contributed by atoms with Crippen molar-refractivity contribution in [2.45, 2.75) is 12.8 Å². The van der Waals surface area contributed by atoms with E-state index in [0.717, 1.165) is 5.56 Å². The van der Waals surface area contributed by atoms with Crippen LogP contribution in [0.3, 0.4) is 0 Å². The Hall–Kier alpha value is -1.95. The number of amides is 1. The number of benzene rings is 1. The fourth-order valence-electron chi connectivity index (χ4n) is 2.01. The van der Waals surface area contributed by atoms with Gasteiger partial charge in [-0.25, -0.2) is 9.37 Å². The average molecular weight is 263 g/mol. The summed E-state index contributed by atoms with van der Waals surface area (Å²) in [5, 5.41) is 4.80. The molecule has 0 saturated carbocycles. The molecule has 0 bridgehead atoms. The third kappa shape index (κ3) is 1.84. The Balaban J connectivity index is 2.09. The van der Waals surface area contributed by atoms with Gasteiger partial charge in [-0.1, -0.05) is 0 Å². The van der Waals surface area contributed by atoms with Gasteiger partial charge < -0.3 is 11.1 Å². The minimum absolute atomic E-state index is 0.0763. The van der Waals surface area contributed by atoms with Gasteiger partial charge in [0.15, 0.2) is 5.13 Å². The van der Waals surface area contributed by atoms with Gasteiger partial charge in [-0.15, -0.1) is 11.3 Å². The van der Waals surface area contributed by atoms with Crippen LogP contribution in [0.2, 0.25) is 0 Å². The number of fused-ring (bicyclic) bond motifs is 1. The molecule has 1 aromatic heterocycles. The molecule has 4 nitrogen and oxygen atoms in total. The fraction of sp³-hybridized carbons (Fsp3) is 0.167. The van der Waals surface area contributed by atoms with Crippen LogP contribution in [0.25, 0.3) is 11.3 Å². The number of anilines is 2. The Morgan fingerprint density at radius 2 is 2.22 bits per heavy atom. The first kappa shape index (κ1) is 11.2. The molecule has 0 aliphatic carbocycles. The van der Waals surface area contributed by atoms with Crippen molar-refractivity contribution in [3.05, 3.63) is 28.9 Å². The van der Waals surface area contributed by atoms with E-state index < -0.39 is 5.82 Å². The Morgan fingerprint density at radius 1 is 1.39 bits per heavy atom. The highest BCUT2D eigenvalue weighted by Gasteiger charge is 2.19. The molecule has 2 heterocycles. The van der Waals surface area contributed by atoms with Gasteiger partial charge in [0, 0.05) is 23.1 Å². The van der Waals surface area contributed by atoms with E-state index in [2.05, 4.69) is 10.3 Å². The predicted molar refractivity (Wildman–Crippen MR) is 68.9 cm³/mol. The highest BCUT2D eigenvalue weighted by atomic mass is 32.1. The van der Waals surface area contributed by atoms with Gasteiger partial charge in [0.05, 0.1) is 5.69 Å². The lowest BCUT2D eigenvalue weighted by molar-refractivity contribution is -0.116. The molecular formula is C12H10FN3OS. The van der Waals surface area contributed by atoms with Crippen molar-refractivity contribution in [1.29, 1.82) is 0 Å². The molecule has 1 aromatic carbocycles. The number of aromatic nitrogens is 1. The van der Waals surface area contributed by atoms with Crippen LogP contribution in [0.15, 0.2) is 17.5 Å². The lowest BCUT2D eigenvalue weighted by Crippen LogP contribution is -2.19. The van der Waals surface area contributed by atoms with Gasteiger partial charge in [-0.05, 0) is 24.1 Å². The number of nitrogens with two attached hydrogens (primary N) is 1. The van der Waals surface area contributed by atoms with Crippen LogP contribution in [-0.4, -0.2) is 10.9 Å². The molecular weight excluding hydrogens is 253 g/mol. The van der Waals surface area contributed by atoms with Crippen LogP contribution in [0, 0.1) is 5.82 Å². The summed E-state index contributed by atoms with van der Waals surface area (Å²) < 4.78 is 14.0. The van der Waals surface area contributed by atoms with Crippen molar-refractivity contribution >= 4 is 28.1 Å². The van der Waals surface area contributed by atoms with E-state index in [1.54, 1.807) is 11.4 Å². The zero-order valence-corrected chi connectivity index (χ0v) is 10.2. The van der Waals surface area contributed by atoms with Crippen LogP contribution in [0.1, 0.15) is 12.0 Å². The van der Waals surface area contributed by atoms with Gasteiger partial charge in [0.1, 0.15) is 5.82 Å². The second-order valence-corrected chi connectivity index (χ2v) is 5.00. The van der Waals surface area contributed by atoms with Crippen molar-refractivity contribution in [2.24, 2.45) is 0 Å². The van der Waals surface area contributed by atoms with E-state index in [-0.39, 0.29) is 5.91 Å². The smallest absolute Gasteiger partial charge is 0.224 e. The first-order valence-corrected chi connectivity index (χ1v) is 6.35. The molecule has 0 radical (unpaired) electrons. The molecule has 0 unspecified atom stereocenters. The Kier molecular flexibility index (Phi) is 2.52. The third-order valence-electron chi connectivity index (χ3n) is 2.89. The maximum absolute atomic E-state index is 14.0. The molecule has 6 heteroatoms. The molecule has 0 saturated heterocycles. The van der Waals surface area contributed by atoms with E-state index in [4.69, 9.17) is 5.73 Å². The van der Waals surface area contributed by atoms with Crippen molar-refractivity contribution in [1.82, 2.24) is 4.98 Å². The molecule has 0 spiro atoms. The average Bonchev–Trinajstić information content (AvgIpc) is 2.74. The summed E-state index contributed by atoms with van der Waals surface area (Å²) in [7, 11) is 0. The number of rotatable bonds is 1. The van der Waals surface area contributed by atoms with E-state index in [1.807, 2.05) is 0 Å². The van der Waals surface area contributed by atoms with Gasteiger partial charge >= 0.3 is 0 Å². The van der Waals surface area contributed by atoms with Gasteiger partial charge in [0.2, 0.25) is 5.91 Å². The largest absolute Gasteiger partial charge is 0.375 e. The summed E-state index contributed by atoms with van der Waals surface area (Å²) in [6, 6.07) is 3.08. The molecule has 3 N–H and O–H groups in total. The SMILES string of the molecule is Nc1nc(-c2cc3c(cc2F)NC(=O)CC3)cs1. The van der Waals surface area contributed by atoms with Crippen LogP contribution < -0.4 is 11.1 Å². The van der Waals surface area contributed by atoms with Crippen LogP contribution >= 0.6 is 11.3 Å². The van der Waals surface area contributed by atoms with Crippen molar-refractivity contribution in [2.75, 3.05) is 11.1 Å². The van der Waals surface area contributed by atoms with E-state index in [9.17, 15) is 9.18 Å². The molecule has 92 valence electrons. The number of hydrogen-bond acceptors (Lipinski definition) is 4. The van der Waals surface area contributed by atoms with Crippen LogP contribution in [-0.2, 0) is 11.2 Å². The molecule has 18 heavy (non-hydrogen) atoms. The number of carbonyl (C=O) groups excluding carboxylic acids is 1. The van der Waals surface area contributed by atoms with Gasteiger partial charge in [-0.3, -0.25) is 4.79 Å². The number of hydrogen-bond donors (Lipinski definition) is 2. The highest BCUT2D eigenvalue weighted by Crippen LogP contribution is 2.32. The minimum atomic E-state index is -0.402. The molecule has 1 aliphatic heterocycles. The molecule has 0 fully saturated rings. The normalized spacial score (nSPS) is 14.2. The molecule has 2 aromatic rings. The summed E-state index contributed by atoms with van der Waals surface area (Å²) in [5.41, 5.74) is 8.00. The second kappa shape index (κ2) is 4.06. The number of aryl methyl sites for hydroxylation is 1. The number of carbonyl (C=O) groups is 1. The zero-order chi connectivity index (χ0) is 12.7. The summed E-state index contributed by atoms with van der Waals surface area (Å²) in [6.45, 7) is 0. The topological polar surface area (TPSA) is 68.0 Å². The lowest BCUT2D eigenvalue weighted by Gasteiger charge is -2.17. The minimum Gasteiger partial charge on any atom is -0.375 e. The Bertz CT molecular complexity index is 638. The highest BCUT2D eigenvalue weighted by molar-refractivity contribution is 7.13. The standard InChI is InChI=1S/C12H10FN3OS/c13-8-4-9-6(1-2-11(17)15-9)3-7(8)10-5-18-12(14)16-10/h3-5H,1-2H2,(H2,14,16)(H,15,17). The Morgan fingerprint density at radius 3 is 2.94 bits per heavy atom. The van der Waals surface area contributed by atoms with Crippen molar-refractivity contribution in [3.8, 4) is 11.3 Å². The number of nitrogen functional groups attached to an aromatic ring is 1. The molecule has 3 rings (SSSR count). The molecule has 1 amide bonds. The third-order valence-corrected chi connectivity index (χ3v) is 3.56. The number of nitrogens with one attached hydrogen (secondary N) is 1. The summed E-state index contributed by atoms with van der Waals surface area (Å²) in [4.78, 5) is 15.3. The zero-order valence-electron chi connectivity index (χ0n) is 9.37. The predicted octanol–water partition coefficient (Wildman–Crippen LogP) is 2.42. The van der Waals surface area contributed by atoms with Crippen molar-refractivity contribution < 1.29 is 9.18 Å². The number of halogens is 1. The van der Waals surface area contributed by atoms with E-state index in [1.165, 1.54) is 17.4 Å². The fourth-order valence-corrected chi connectivity index (χ4v) is 2.57. The quantitative estimate of drug-likeness (QED) is 0.830. The maximum atomic E-state index is 14.0. The summed E-state index contributed by atoms with van der Waals surface area (Å²) in [6.07, 6.45) is 1.05. The first-order chi connectivity index (χ1) is 8.63. The van der Waals surface area contributed by atoms with Gasteiger partial charge in [0.25, 0.3) is 0 Å². The molecule has 0 atom stereocenters. The van der Waals surface area contributed by atoms with E-state index >= 15 is 0 Å². The maximum Gasteiger partial charge on any atom is 0.224 e. The Labute approximate surface area is 107 Å². The monoisotopic (exact) mass is 263 g/mol. The van der Waals surface area contributed by atoms with Crippen LogP contribution in [0.5, 0.6) is 0 Å². The summed E-state index contributed by atoms with van der Waals surface area (Å²) >= 11 is 1.28. The number of thiazole rings is 1. The summed E-state index contributed by atoms with van der Waals surface area (Å²) in [5.74, 6) is -0.478. The van der Waals surface area contributed by atoms with E-state index in [0.29, 0.717) is 34.9 Å².